The monoisotopic (exact) mass is 263 g/mol. The molecule has 0 aliphatic heterocycles. The van der Waals surface area contributed by atoms with Crippen molar-refractivity contribution in [3.63, 3.8) is 0 Å². The van der Waals surface area contributed by atoms with Crippen molar-refractivity contribution in [3.05, 3.63) is 28.8 Å². The summed E-state index contributed by atoms with van der Waals surface area (Å²) in [7, 11) is 1.50. The third-order valence-electron chi connectivity index (χ3n) is 1.83. The molecule has 5 nitrogen and oxygen atoms in total. The first-order valence-corrected chi connectivity index (χ1v) is 4.95. The third-order valence-corrected chi connectivity index (χ3v) is 2.23. The molecule has 0 aliphatic carbocycles. The summed E-state index contributed by atoms with van der Waals surface area (Å²) >= 11 is 5.89. The number of carbonyl (C=O) groups excluding carboxylic acids is 1. The van der Waals surface area contributed by atoms with Crippen LogP contribution in [0.2, 0.25) is 5.02 Å². The number of carbonyl (C=O) groups is 1. The summed E-state index contributed by atoms with van der Waals surface area (Å²) in [5.74, 6) is -1.21. The molecule has 0 radical (unpaired) electrons. The smallest absolute Gasteiger partial charge is 0.548 e. The largest absolute Gasteiger partial charge is 1.00 e. The molecule has 0 bridgehead atoms. The van der Waals surface area contributed by atoms with Crippen LogP contribution in [0.5, 0.6) is 0 Å². The van der Waals surface area contributed by atoms with E-state index in [4.69, 9.17) is 11.6 Å². The van der Waals surface area contributed by atoms with Gasteiger partial charge in [-0.25, -0.2) is 0 Å². The first kappa shape index (κ1) is 16.4. The van der Waals surface area contributed by atoms with Crippen molar-refractivity contribution >= 4 is 23.3 Å². The molecule has 0 unspecified atom stereocenters. The van der Waals surface area contributed by atoms with E-state index in [0.717, 1.165) is 5.56 Å². The van der Waals surface area contributed by atoms with Gasteiger partial charge in [-0.2, -0.15) is 0 Å². The van der Waals surface area contributed by atoms with Crippen LogP contribution in [0, 0.1) is 6.92 Å². The Kier molecular flexibility index (Phi) is 7.38. The zero-order chi connectivity index (χ0) is 12.1. The number of aliphatic carboxylic acids is 1. The number of likely N-dealkylation sites (N-methyl/N-ethyl adjacent to an activating group) is 1. The third kappa shape index (κ3) is 6.02. The summed E-state index contributed by atoms with van der Waals surface area (Å²) in [6.07, 6.45) is 0. The molecule has 17 heavy (non-hydrogen) atoms. The molecule has 0 aromatic heterocycles. The van der Waals surface area contributed by atoms with E-state index >= 15 is 0 Å². The maximum Gasteiger partial charge on any atom is 1.00 e. The summed E-state index contributed by atoms with van der Waals surface area (Å²) in [6, 6.07) is 5.22. The second-order valence-electron chi connectivity index (χ2n) is 3.31. The molecule has 0 fully saturated rings. The minimum absolute atomic E-state index is 0. The van der Waals surface area contributed by atoms with Crippen LogP contribution in [0.1, 0.15) is 5.56 Å². The van der Waals surface area contributed by atoms with Crippen molar-refractivity contribution in [3.8, 4) is 0 Å². The van der Waals surface area contributed by atoms with Gasteiger partial charge in [0.25, 0.3) is 0 Å². The number of rotatable bonds is 4. The van der Waals surface area contributed by atoms with Gasteiger partial charge in [0.2, 0.25) is 0 Å². The molecule has 0 saturated carbocycles. The molecule has 0 atom stereocenters. The number of carboxylic acids is 1. The van der Waals surface area contributed by atoms with Gasteiger partial charge in [-0.3, -0.25) is 5.01 Å². The second-order valence-corrected chi connectivity index (χ2v) is 3.72. The SMILES string of the molecule is Cc1ccc(N=NN(C)CC(=O)[O-])cc1Cl.[Na+]. The summed E-state index contributed by atoms with van der Waals surface area (Å²) in [5.41, 5.74) is 1.52. The Balaban J connectivity index is 0.00000256. The number of benzene rings is 1. The Morgan fingerprint density at radius 2 is 2.18 bits per heavy atom. The van der Waals surface area contributed by atoms with Gasteiger partial charge < -0.3 is 9.90 Å². The summed E-state index contributed by atoms with van der Waals surface area (Å²) in [6.45, 7) is 1.58. The summed E-state index contributed by atoms with van der Waals surface area (Å²) in [4.78, 5) is 10.2. The number of aryl methyl sites for hydroxylation is 1. The molecular weight excluding hydrogens is 253 g/mol. The quantitative estimate of drug-likeness (QED) is 0.371. The second kappa shape index (κ2) is 7.66. The normalized spacial score (nSPS) is 10.1. The molecule has 1 aromatic rings. The van der Waals surface area contributed by atoms with Gasteiger partial charge in [0.05, 0.1) is 18.2 Å². The Labute approximate surface area is 127 Å². The average Bonchev–Trinajstić information content (AvgIpc) is 2.19. The molecule has 7 heteroatoms. The van der Waals surface area contributed by atoms with Crippen molar-refractivity contribution < 1.29 is 39.5 Å². The van der Waals surface area contributed by atoms with E-state index in [9.17, 15) is 9.90 Å². The van der Waals surface area contributed by atoms with E-state index in [-0.39, 0.29) is 36.1 Å². The van der Waals surface area contributed by atoms with Gasteiger partial charge in [0.15, 0.2) is 0 Å². The van der Waals surface area contributed by atoms with Gasteiger partial charge in [0, 0.05) is 12.1 Å². The maximum absolute atomic E-state index is 10.2. The van der Waals surface area contributed by atoms with Crippen LogP contribution in [0.15, 0.2) is 28.5 Å². The molecule has 1 rings (SSSR count). The maximum atomic E-state index is 10.2. The standard InChI is InChI=1S/C10H12ClN3O2.Na/c1-7-3-4-8(5-9(7)11)12-13-14(2)6-10(15)16;/h3-5H,6H2,1-2H3,(H,15,16);/q;+1/p-1. The van der Waals surface area contributed by atoms with E-state index in [0.29, 0.717) is 10.7 Å². The van der Waals surface area contributed by atoms with E-state index in [1.54, 1.807) is 12.1 Å². The van der Waals surface area contributed by atoms with Gasteiger partial charge in [-0.05, 0) is 24.6 Å². The van der Waals surface area contributed by atoms with E-state index < -0.39 is 5.97 Å². The van der Waals surface area contributed by atoms with E-state index in [2.05, 4.69) is 10.3 Å². The van der Waals surface area contributed by atoms with Crippen LogP contribution in [-0.4, -0.2) is 24.6 Å². The van der Waals surface area contributed by atoms with Crippen LogP contribution in [0.25, 0.3) is 0 Å². The Bertz CT molecular complexity index is 426. The van der Waals surface area contributed by atoms with Crippen molar-refractivity contribution in [2.24, 2.45) is 10.3 Å². The summed E-state index contributed by atoms with van der Waals surface area (Å²) in [5, 5.41) is 19.5. The minimum Gasteiger partial charge on any atom is -0.548 e. The van der Waals surface area contributed by atoms with Crippen molar-refractivity contribution in [1.82, 2.24) is 5.01 Å². The first-order valence-electron chi connectivity index (χ1n) is 4.58. The Morgan fingerprint density at radius 1 is 1.53 bits per heavy atom. The molecule has 0 N–H and O–H groups in total. The molecule has 0 aliphatic rings. The van der Waals surface area contributed by atoms with Crippen LogP contribution in [-0.2, 0) is 4.79 Å². The fraction of sp³-hybridized carbons (Fsp3) is 0.300. The van der Waals surface area contributed by atoms with Crippen LogP contribution < -0.4 is 34.7 Å². The van der Waals surface area contributed by atoms with Crippen molar-refractivity contribution in [2.45, 2.75) is 6.92 Å². The molecule has 0 heterocycles. The van der Waals surface area contributed by atoms with Gasteiger partial charge in [0.1, 0.15) is 0 Å². The zero-order valence-electron chi connectivity index (χ0n) is 9.98. The zero-order valence-corrected chi connectivity index (χ0v) is 12.7. The minimum atomic E-state index is -1.21. The number of halogens is 1. The van der Waals surface area contributed by atoms with Gasteiger partial charge >= 0.3 is 29.6 Å². The molecule has 86 valence electrons. The number of hydrogen-bond acceptors (Lipinski definition) is 4. The molecule has 1 aromatic carbocycles. The molecule has 0 amide bonds. The number of hydrogen-bond donors (Lipinski definition) is 0. The van der Waals surface area contributed by atoms with Crippen LogP contribution in [0.3, 0.4) is 0 Å². The topological polar surface area (TPSA) is 68.1 Å². The number of carboxylic acid groups (broad SMARTS) is 1. The average molecular weight is 264 g/mol. The predicted molar refractivity (Wildman–Crippen MR) is 58.3 cm³/mol. The fourth-order valence-corrected chi connectivity index (χ4v) is 1.17. The number of nitrogens with zero attached hydrogens (tertiary/aromatic N) is 3. The molecule has 0 saturated heterocycles. The summed E-state index contributed by atoms with van der Waals surface area (Å²) < 4.78 is 0. The predicted octanol–water partition coefficient (Wildman–Crippen LogP) is -1.67. The first-order chi connectivity index (χ1) is 7.49. The molecule has 0 spiro atoms. The Hall–Kier alpha value is -0.620. The Morgan fingerprint density at radius 3 is 2.71 bits per heavy atom. The van der Waals surface area contributed by atoms with Gasteiger partial charge in [-0.1, -0.05) is 22.9 Å². The van der Waals surface area contributed by atoms with Gasteiger partial charge in [-0.15, -0.1) is 5.11 Å². The van der Waals surface area contributed by atoms with Crippen molar-refractivity contribution in [1.29, 1.82) is 0 Å². The van der Waals surface area contributed by atoms with Crippen LogP contribution in [0.4, 0.5) is 5.69 Å². The van der Waals surface area contributed by atoms with Crippen molar-refractivity contribution in [2.75, 3.05) is 13.6 Å². The van der Waals surface area contributed by atoms with E-state index in [1.165, 1.54) is 12.1 Å². The van der Waals surface area contributed by atoms with E-state index in [1.807, 2.05) is 13.0 Å². The van der Waals surface area contributed by atoms with Crippen LogP contribution >= 0.6 is 11.6 Å². The molecular formula is C10H11ClN3NaO2. The fourth-order valence-electron chi connectivity index (χ4n) is 0.990.